The van der Waals surface area contributed by atoms with Gasteiger partial charge in [0, 0.05) is 6.54 Å². The molecular weight excluding hydrogens is 330 g/mol. The first-order valence-electron chi connectivity index (χ1n) is 8.15. The van der Waals surface area contributed by atoms with Crippen molar-refractivity contribution < 1.29 is 9.21 Å². The molecule has 4 aromatic rings. The van der Waals surface area contributed by atoms with E-state index >= 15 is 0 Å². The fourth-order valence-electron chi connectivity index (χ4n) is 2.91. The first kappa shape index (κ1) is 15.9. The first-order valence-corrected chi connectivity index (χ1v) is 8.15. The zero-order valence-corrected chi connectivity index (χ0v) is 14.0. The SMILES string of the molecule is C=CCNC(=O)c1c(N)n(Cc2ccco2)c2nc3ccccc3nc12. The zero-order valence-electron chi connectivity index (χ0n) is 14.0. The molecule has 0 saturated heterocycles. The van der Waals surface area contributed by atoms with E-state index in [1.807, 2.05) is 30.3 Å². The molecule has 0 aliphatic carbocycles. The van der Waals surface area contributed by atoms with E-state index in [9.17, 15) is 4.79 Å². The molecule has 4 rings (SSSR count). The van der Waals surface area contributed by atoms with E-state index in [0.717, 1.165) is 5.52 Å². The van der Waals surface area contributed by atoms with Crippen molar-refractivity contribution in [1.29, 1.82) is 0 Å². The summed E-state index contributed by atoms with van der Waals surface area (Å²) in [4.78, 5) is 22.0. The maximum absolute atomic E-state index is 12.6. The Labute approximate surface area is 149 Å². The fraction of sp³-hybridized carbons (Fsp3) is 0.105. The molecule has 26 heavy (non-hydrogen) atoms. The van der Waals surface area contributed by atoms with Crippen molar-refractivity contribution in [3.63, 3.8) is 0 Å². The van der Waals surface area contributed by atoms with E-state index in [0.29, 0.717) is 46.9 Å². The van der Waals surface area contributed by atoms with Gasteiger partial charge in [0.15, 0.2) is 5.65 Å². The van der Waals surface area contributed by atoms with Gasteiger partial charge in [-0.15, -0.1) is 6.58 Å². The van der Waals surface area contributed by atoms with Gasteiger partial charge >= 0.3 is 0 Å². The molecule has 3 aromatic heterocycles. The number of nitrogens with one attached hydrogen (secondary N) is 1. The summed E-state index contributed by atoms with van der Waals surface area (Å²) < 4.78 is 7.17. The highest BCUT2D eigenvalue weighted by Crippen LogP contribution is 2.28. The van der Waals surface area contributed by atoms with E-state index in [2.05, 4.69) is 21.9 Å². The maximum atomic E-state index is 12.6. The number of fused-ring (bicyclic) bond motifs is 2. The highest BCUT2D eigenvalue weighted by molar-refractivity contribution is 6.10. The van der Waals surface area contributed by atoms with Crippen LogP contribution < -0.4 is 11.1 Å². The average molecular weight is 347 g/mol. The van der Waals surface area contributed by atoms with Crippen LogP contribution in [0.2, 0.25) is 0 Å². The smallest absolute Gasteiger partial charge is 0.257 e. The molecule has 3 N–H and O–H groups in total. The van der Waals surface area contributed by atoms with E-state index < -0.39 is 0 Å². The lowest BCUT2D eigenvalue weighted by molar-refractivity contribution is 0.0960. The number of carbonyl (C=O) groups is 1. The van der Waals surface area contributed by atoms with Crippen LogP contribution in [0.5, 0.6) is 0 Å². The number of amides is 1. The lowest BCUT2D eigenvalue weighted by Gasteiger charge is -2.06. The second-order valence-electron chi connectivity index (χ2n) is 5.81. The summed E-state index contributed by atoms with van der Waals surface area (Å²) in [6.45, 7) is 4.31. The third-order valence-corrected chi connectivity index (χ3v) is 4.12. The molecule has 1 aromatic carbocycles. The number of anilines is 1. The van der Waals surface area contributed by atoms with Crippen LogP contribution in [0.3, 0.4) is 0 Å². The van der Waals surface area contributed by atoms with E-state index in [1.165, 1.54) is 0 Å². The van der Waals surface area contributed by atoms with Crippen molar-refractivity contribution in [3.05, 3.63) is 66.6 Å². The molecular formula is C19H17N5O2. The number of aromatic nitrogens is 3. The molecule has 0 aliphatic heterocycles. The number of nitrogen functional groups attached to an aromatic ring is 1. The standard InChI is InChI=1S/C19H17N5O2/c1-2-9-21-19(25)15-16-18(23-14-8-4-3-7-13(14)22-16)24(17(15)20)11-12-6-5-10-26-12/h2-8,10H,1,9,11,20H2,(H,21,25). The number of hydrogen-bond acceptors (Lipinski definition) is 5. The predicted octanol–water partition coefficient (Wildman–Crippen LogP) is 2.72. The van der Waals surface area contributed by atoms with Crippen LogP contribution in [-0.2, 0) is 6.54 Å². The molecule has 0 spiro atoms. The summed E-state index contributed by atoms with van der Waals surface area (Å²) in [5.41, 5.74) is 9.08. The van der Waals surface area contributed by atoms with Gasteiger partial charge in [0.05, 0.1) is 23.8 Å². The third kappa shape index (κ3) is 2.59. The lowest BCUT2D eigenvalue weighted by atomic mass is 10.2. The minimum absolute atomic E-state index is 0.299. The highest BCUT2D eigenvalue weighted by atomic mass is 16.3. The van der Waals surface area contributed by atoms with Crippen LogP contribution in [0.4, 0.5) is 5.82 Å². The van der Waals surface area contributed by atoms with Crippen molar-refractivity contribution in [2.24, 2.45) is 0 Å². The van der Waals surface area contributed by atoms with Crippen molar-refractivity contribution in [1.82, 2.24) is 19.9 Å². The monoisotopic (exact) mass is 347 g/mol. The Morgan fingerprint density at radius 3 is 2.69 bits per heavy atom. The Bertz CT molecular complexity index is 1110. The summed E-state index contributed by atoms with van der Waals surface area (Å²) in [6.07, 6.45) is 3.20. The van der Waals surface area contributed by atoms with Gasteiger partial charge in [-0.05, 0) is 24.3 Å². The molecule has 0 unspecified atom stereocenters. The quantitative estimate of drug-likeness (QED) is 0.541. The Hall–Kier alpha value is -3.61. The van der Waals surface area contributed by atoms with Crippen molar-refractivity contribution in [3.8, 4) is 0 Å². The minimum Gasteiger partial charge on any atom is -0.467 e. The van der Waals surface area contributed by atoms with Crippen LogP contribution in [0, 0.1) is 0 Å². The number of rotatable bonds is 5. The normalized spacial score (nSPS) is 11.1. The van der Waals surface area contributed by atoms with Crippen LogP contribution in [0.25, 0.3) is 22.2 Å². The number of nitrogens with two attached hydrogens (primary N) is 1. The molecule has 7 nitrogen and oxygen atoms in total. The number of hydrogen-bond donors (Lipinski definition) is 2. The molecule has 0 atom stereocenters. The van der Waals surface area contributed by atoms with Gasteiger partial charge in [0.25, 0.3) is 5.91 Å². The molecule has 1 amide bonds. The molecule has 130 valence electrons. The van der Waals surface area contributed by atoms with Gasteiger partial charge in [0.1, 0.15) is 22.7 Å². The number of nitrogens with zero attached hydrogens (tertiary/aromatic N) is 3. The predicted molar refractivity (Wildman–Crippen MR) is 99.8 cm³/mol. The maximum Gasteiger partial charge on any atom is 0.257 e. The lowest BCUT2D eigenvalue weighted by Crippen LogP contribution is -2.24. The highest BCUT2D eigenvalue weighted by Gasteiger charge is 2.24. The van der Waals surface area contributed by atoms with Gasteiger partial charge in [-0.25, -0.2) is 9.97 Å². The summed E-state index contributed by atoms with van der Waals surface area (Å²) in [5, 5.41) is 2.76. The van der Waals surface area contributed by atoms with E-state index in [4.69, 9.17) is 10.2 Å². The van der Waals surface area contributed by atoms with Crippen LogP contribution in [0.15, 0.2) is 59.7 Å². The third-order valence-electron chi connectivity index (χ3n) is 4.12. The second kappa shape index (κ2) is 6.36. The molecule has 3 heterocycles. The molecule has 0 aliphatic rings. The van der Waals surface area contributed by atoms with Crippen LogP contribution in [-0.4, -0.2) is 27.0 Å². The van der Waals surface area contributed by atoms with Gasteiger partial charge in [-0.1, -0.05) is 18.2 Å². The summed E-state index contributed by atoms with van der Waals surface area (Å²) in [6, 6.07) is 11.1. The zero-order chi connectivity index (χ0) is 18.1. The number of benzene rings is 1. The Morgan fingerprint density at radius 1 is 1.23 bits per heavy atom. The van der Waals surface area contributed by atoms with Crippen LogP contribution >= 0.6 is 0 Å². The van der Waals surface area contributed by atoms with Crippen molar-refractivity contribution in [2.75, 3.05) is 12.3 Å². The largest absolute Gasteiger partial charge is 0.467 e. The average Bonchev–Trinajstić information content (AvgIpc) is 3.25. The number of para-hydroxylation sites is 2. The minimum atomic E-state index is -0.310. The fourth-order valence-corrected chi connectivity index (χ4v) is 2.91. The topological polar surface area (TPSA) is 99.0 Å². The summed E-state index contributed by atoms with van der Waals surface area (Å²) in [7, 11) is 0. The van der Waals surface area contributed by atoms with E-state index in [1.54, 1.807) is 23.0 Å². The van der Waals surface area contributed by atoms with Gasteiger partial charge in [-0.2, -0.15) is 0 Å². The van der Waals surface area contributed by atoms with E-state index in [-0.39, 0.29) is 5.91 Å². The molecule has 0 fully saturated rings. The number of carbonyl (C=O) groups excluding carboxylic acids is 1. The second-order valence-corrected chi connectivity index (χ2v) is 5.81. The molecule has 0 bridgehead atoms. The number of furan rings is 1. The molecule has 0 saturated carbocycles. The Balaban J connectivity index is 1.96. The van der Waals surface area contributed by atoms with Gasteiger partial charge in [0.2, 0.25) is 0 Å². The molecule has 0 radical (unpaired) electrons. The summed E-state index contributed by atoms with van der Waals surface area (Å²) in [5.74, 6) is 0.699. The Morgan fingerprint density at radius 2 is 2.00 bits per heavy atom. The van der Waals surface area contributed by atoms with Crippen molar-refractivity contribution >= 4 is 33.9 Å². The first-order chi connectivity index (χ1) is 12.7. The summed E-state index contributed by atoms with van der Waals surface area (Å²) >= 11 is 0. The van der Waals surface area contributed by atoms with Gasteiger partial charge in [-0.3, -0.25) is 4.79 Å². The Kier molecular flexibility index (Phi) is 3.89. The van der Waals surface area contributed by atoms with Gasteiger partial charge < -0.3 is 20.0 Å². The van der Waals surface area contributed by atoms with Crippen LogP contribution in [0.1, 0.15) is 16.1 Å². The molecule has 7 heteroatoms. The van der Waals surface area contributed by atoms with Crippen molar-refractivity contribution in [2.45, 2.75) is 6.54 Å².